The summed E-state index contributed by atoms with van der Waals surface area (Å²) in [6.07, 6.45) is 7.13. The van der Waals surface area contributed by atoms with Crippen LogP contribution in [0.25, 0.3) is 11.1 Å². The Morgan fingerprint density at radius 3 is 2.33 bits per heavy atom. The van der Waals surface area contributed by atoms with Gasteiger partial charge in [0.1, 0.15) is 0 Å². The highest BCUT2D eigenvalue weighted by molar-refractivity contribution is 5.99. The minimum Gasteiger partial charge on any atom is -0.355 e. The van der Waals surface area contributed by atoms with Crippen LogP contribution in [0.3, 0.4) is 0 Å². The molecule has 8 heteroatoms. The van der Waals surface area contributed by atoms with E-state index in [0.29, 0.717) is 36.1 Å². The topological polar surface area (TPSA) is 108 Å². The Morgan fingerprint density at radius 1 is 1.00 bits per heavy atom. The number of hydrogen-bond acceptors (Lipinski definition) is 5. The van der Waals surface area contributed by atoms with E-state index in [9.17, 15) is 19.2 Å². The number of aromatic nitrogens is 1. The summed E-state index contributed by atoms with van der Waals surface area (Å²) < 4.78 is 0. The van der Waals surface area contributed by atoms with Crippen molar-refractivity contribution < 1.29 is 19.2 Å². The fraction of sp³-hybridized carbons (Fsp3) is 0.320. The Bertz CT molecular complexity index is 1030. The molecule has 2 aromatic rings. The lowest BCUT2D eigenvalue weighted by molar-refractivity contribution is -0.122. The molecule has 2 N–H and O–H groups in total. The molecule has 0 bridgehead atoms. The molecule has 3 rings (SSSR count). The second kappa shape index (κ2) is 11.7. The summed E-state index contributed by atoms with van der Waals surface area (Å²) in [5.41, 5.74) is 3.75. The Balaban J connectivity index is 1.52. The number of carbonyl (C=O) groups excluding carboxylic acids is 4. The Labute approximate surface area is 193 Å². The number of amides is 3. The molecule has 1 aromatic carbocycles. The molecule has 8 nitrogen and oxygen atoms in total. The highest BCUT2D eigenvalue weighted by Crippen LogP contribution is 2.27. The average molecular weight is 449 g/mol. The van der Waals surface area contributed by atoms with Crippen LogP contribution in [0.5, 0.6) is 0 Å². The molecule has 0 unspecified atom stereocenters. The maximum absolute atomic E-state index is 12.4. The standard InChI is InChI=1S/C25H28N4O4/c1-26-25(33)21-4-2-3-5-22(21)29(17-30)15-12-24(32)28-16-23(31)20-8-6-18(7-9-20)19-10-13-27-14-11-19/h6-11,13-14,17H,2-5,12,15-16H2,1H3,(H,26,33)(H,28,32). The molecule has 172 valence electrons. The van der Waals surface area contributed by atoms with Gasteiger partial charge in [0.25, 0.3) is 0 Å². The second-order valence-corrected chi connectivity index (χ2v) is 7.77. The van der Waals surface area contributed by atoms with Gasteiger partial charge in [0, 0.05) is 49.2 Å². The van der Waals surface area contributed by atoms with Crippen molar-refractivity contribution in [2.45, 2.75) is 32.1 Å². The summed E-state index contributed by atoms with van der Waals surface area (Å²) in [6.45, 7) is 0.0285. The first kappa shape index (κ1) is 23.8. The summed E-state index contributed by atoms with van der Waals surface area (Å²) in [5, 5.41) is 5.23. The van der Waals surface area contributed by atoms with E-state index in [4.69, 9.17) is 0 Å². The van der Waals surface area contributed by atoms with E-state index in [1.807, 2.05) is 24.3 Å². The third-order valence-electron chi connectivity index (χ3n) is 5.66. The second-order valence-electron chi connectivity index (χ2n) is 7.77. The van der Waals surface area contributed by atoms with Gasteiger partial charge in [-0.05, 0) is 48.9 Å². The van der Waals surface area contributed by atoms with Crippen molar-refractivity contribution in [1.82, 2.24) is 20.5 Å². The van der Waals surface area contributed by atoms with Crippen LogP contribution in [0.2, 0.25) is 0 Å². The molecule has 0 spiro atoms. The van der Waals surface area contributed by atoms with Gasteiger partial charge in [-0.2, -0.15) is 0 Å². The number of nitrogens with one attached hydrogen (secondary N) is 2. The number of Topliss-reactive ketones (excluding diaryl/α,β-unsaturated/α-hetero) is 1. The summed E-state index contributed by atoms with van der Waals surface area (Å²) in [4.78, 5) is 53.9. The van der Waals surface area contributed by atoms with Gasteiger partial charge < -0.3 is 15.5 Å². The van der Waals surface area contributed by atoms with E-state index in [-0.39, 0.29) is 37.1 Å². The van der Waals surface area contributed by atoms with E-state index in [1.54, 1.807) is 31.6 Å². The monoisotopic (exact) mass is 448 g/mol. The summed E-state index contributed by atoms with van der Waals surface area (Å²) in [5.74, 6) is -0.725. The zero-order valence-corrected chi connectivity index (χ0v) is 18.7. The van der Waals surface area contributed by atoms with E-state index in [1.165, 1.54) is 4.90 Å². The molecule has 1 heterocycles. The fourth-order valence-corrected chi connectivity index (χ4v) is 3.84. The molecule has 33 heavy (non-hydrogen) atoms. The Morgan fingerprint density at radius 2 is 1.67 bits per heavy atom. The van der Waals surface area contributed by atoms with Crippen LogP contribution in [0.4, 0.5) is 0 Å². The normalized spacial score (nSPS) is 13.2. The van der Waals surface area contributed by atoms with Gasteiger partial charge in [-0.1, -0.05) is 24.3 Å². The van der Waals surface area contributed by atoms with Crippen LogP contribution >= 0.6 is 0 Å². The van der Waals surface area contributed by atoms with Crippen LogP contribution in [-0.2, 0) is 14.4 Å². The van der Waals surface area contributed by atoms with Crippen molar-refractivity contribution in [3.8, 4) is 11.1 Å². The maximum atomic E-state index is 12.4. The van der Waals surface area contributed by atoms with Crippen LogP contribution in [0.1, 0.15) is 42.5 Å². The van der Waals surface area contributed by atoms with Crippen LogP contribution in [0, 0.1) is 0 Å². The Kier molecular flexibility index (Phi) is 8.46. The zero-order chi connectivity index (χ0) is 23.6. The lowest BCUT2D eigenvalue weighted by Crippen LogP contribution is -2.35. The molecule has 0 radical (unpaired) electrons. The number of benzene rings is 1. The van der Waals surface area contributed by atoms with Gasteiger partial charge in [-0.25, -0.2) is 0 Å². The van der Waals surface area contributed by atoms with Crippen LogP contribution in [-0.4, -0.2) is 54.0 Å². The first-order chi connectivity index (χ1) is 16.0. The predicted molar refractivity (Wildman–Crippen MR) is 124 cm³/mol. The quantitative estimate of drug-likeness (QED) is 0.429. The van der Waals surface area contributed by atoms with E-state index in [2.05, 4.69) is 15.6 Å². The number of likely N-dealkylation sites (N-methyl/N-ethyl adjacent to an activating group) is 1. The maximum Gasteiger partial charge on any atom is 0.248 e. The predicted octanol–water partition coefficient (Wildman–Crippen LogP) is 2.47. The third kappa shape index (κ3) is 6.35. The van der Waals surface area contributed by atoms with Crippen molar-refractivity contribution >= 4 is 24.0 Å². The van der Waals surface area contributed by atoms with Crippen molar-refractivity contribution in [3.05, 3.63) is 65.6 Å². The van der Waals surface area contributed by atoms with E-state index in [0.717, 1.165) is 24.0 Å². The lowest BCUT2D eigenvalue weighted by atomic mass is 9.94. The number of allylic oxidation sites excluding steroid dienone is 1. The largest absolute Gasteiger partial charge is 0.355 e. The van der Waals surface area contributed by atoms with Crippen LogP contribution < -0.4 is 10.6 Å². The van der Waals surface area contributed by atoms with E-state index < -0.39 is 0 Å². The number of pyridine rings is 1. The number of rotatable bonds is 10. The molecule has 1 aromatic heterocycles. The van der Waals surface area contributed by atoms with E-state index >= 15 is 0 Å². The molecule has 0 saturated carbocycles. The molecular weight excluding hydrogens is 420 g/mol. The number of nitrogens with zero attached hydrogens (tertiary/aromatic N) is 2. The number of carbonyl (C=O) groups is 4. The summed E-state index contributed by atoms with van der Waals surface area (Å²) >= 11 is 0. The zero-order valence-electron chi connectivity index (χ0n) is 18.7. The summed E-state index contributed by atoms with van der Waals surface area (Å²) in [6, 6.07) is 11.0. The van der Waals surface area contributed by atoms with Gasteiger partial charge in [0.15, 0.2) is 5.78 Å². The van der Waals surface area contributed by atoms with Crippen LogP contribution in [0.15, 0.2) is 60.1 Å². The first-order valence-corrected chi connectivity index (χ1v) is 11.0. The van der Waals surface area contributed by atoms with Gasteiger partial charge in [0.2, 0.25) is 18.2 Å². The highest BCUT2D eigenvalue weighted by Gasteiger charge is 2.23. The third-order valence-corrected chi connectivity index (χ3v) is 5.66. The molecule has 3 amide bonds. The van der Waals surface area contributed by atoms with Crippen molar-refractivity contribution in [2.75, 3.05) is 20.1 Å². The minimum atomic E-state index is -0.332. The fourth-order valence-electron chi connectivity index (χ4n) is 3.84. The number of hydrogen-bond donors (Lipinski definition) is 2. The molecule has 1 aliphatic carbocycles. The Hall–Kier alpha value is -3.81. The highest BCUT2D eigenvalue weighted by atomic mass is 16.2. The summed E-state index contributed by atoms with van der Waals surface area (Å²) in [7, 11) is 1.56. The molecule has 0 fully saturated rings. The molecule has 0 aliphatic heterocycles. The lowest BCUT2D eigenvalue weighted by Gasteiger charge is -2.27. The first-order valence-electron chi connectivity index (χ1n) is 11.0. The molecular formula is C25H28N4O4. The van der Waals surface area contributed by atoms with Gasteiger partial charge in [-0.3, -0.25) is 24.2 Å². The molecule has 1 aliphatic rings. The van der Waals surface area contributed by atoms with Gasteiger partial charge >= 0.3 is 0 Å². The molecule has 0 saturated heterocycles. The van der Waals surface area contributed by atoms with Gasteiger partial charge in [-0.15, -0.1) is 0 Å². The SMILES string of the molecule is CNC(=O)C1=C(N(C=O)CCC(=O)NCC(=O)c2ccc(-c3ccncc3)cc2)CCCC1. The smallest absolute Gasteiger partial charge is 0.248 e. The molecule has 0 atom stereocenters. The van der Waals surface area contributed by atoms with Crippen molar-refractivity contribution in [3.63, 3.8) is 0 Å². The van der Waals surface area contributed by atoms with Gasteiger partial charge in [0.05, 0.1) is 6.54 Å². The van der Waals surface area contributed by atoms with Crippen molar-refractivity contribution in [1.29, 1.82) is 0 Å². The number of ketones is 1. The van der Waals surface area contributed by atoms with Crippen molar-refractivity contribution in [2.24, 2.45) is 0 Å². The average Bonchev–Trinajstić information content (AvgIpc) is 2.88. The minimum absolute atomic E-state index is 0.0392.